The standard InChI is InChI=1S/C10H8BrFN4O/c11-6-1-2-8(12)7(3-6)10(17)13-4-9-14-5-15-16-9/h1-3,5H,4H2,(H,13,17)(H,14,15,16). The summed E-state index contributed by atoms with van der Waals surface area (Å²) in [5, 5.41) is 8.76. The van der Waals surface area contributed by atoms with Crippen LogP contribution >= 0.6 is 15.9 Å². The van der Waals surface area contributed by atoms with Gasteiger partial charge in [-0.25, -0.2) is 9.37 Å². The van der Waals surface area contributed by atoms with Gasteiger partial charge in [-0.3, -0.25) is 9.89 Å². The molecule has 7 heteroatoms. The van der Waals surface area contributed by atoms with Crippen molar-refractivity contribution in [3.63, 3.8) is 0 Å². The highest BCUT2D eigenvalue weighted by Crippen LogP contribution is 2.15. The van der Waals surface area contributed by atoms with Crippen LogP contribution in [0.25, 0.3) is 0 Å². The average Bonchev–Trinajstić information content (AvgIpc) is 2.82. The molecule has 0 aliphatic rings. The van der Waals surface area contributed by atoms with Gasteiger partial charge in [0, 0.05) is 4.47 Å². The van der Waals surface area contributed by atoms with E-state index in [1.807, 2.05) is 0 Å². The molecule has 1 heterocycles. The number of benzene rings is 1. The molecule has 0 bridgehead atoms. The second kappa shape index (κ2) is 5.05. The minimum absolute atomic E-state index is 0.0149. The van der Waals surface area contributed by atoms with Crippen LogP contribution < -0.4 is 5.32 Å². The van der Waals surface area contributed by atoms with Gasteiger partial charge in [0.25, 0.3) is 5.91 Å². The maximum absolute atomic E-state index is 13.4. The molecule has 88 valence electrons. The average molecular weight is 299 g/mol. The van der Waals surface area contributed by atoms with Crippen molar-refractivity contribution in [1.82, 2.24) is 20.5 Å². The van der Waals surface area contributed by atoms with Crippen molar-refractivity contribution in [2.75, 3.05) is 0 Å². The number of H-pyrrole nitrogens is 1. The summed E-state index contributed by atoms with van der Waals surface area (Å²) >= 11 is 3.18. The number of amides is 1. The molecule has 17 heavy (non-hydrogen) atoms. The van der Waals surface area contributed by atoms with Crippen LogP contribution in [-0.2, 0) is 6.54 Å². The Labute approximate surface area is 105 Å². The number of hydrogen-bond acceptors (Lipinski definition) is 3. The smallest absolute Gasteiger partial charge is 0.254 e. The monoisotopic (exact) mass is 298 g/mol. The van der Waals surface area contributed by atoms with E-state index in [2.05, 4.69) is 36.4 Å². The second-order valence-electron chi connectivity index (χ2n) is 3.24. The third-order valence-corrected chi connectivity index (χ3v) is 2.55. The van der Waals surface area contributed by atoms with Gasteiger partial charge in [-0.05, 0) is 18.2 Å². The largest absolute Gasteiger partial charge is 0.345 e. The third kappa shape index (κ3) is 2.88. The van der Waals surface area contributed by atoms with Crippen LogP contribution in [-0.4, -0.2) is 21.1 Å². The summed E-state index contributed by atoms with van der Waals surface area (Å²) in [6, 6.07) is 4.18. The zero-order valence-electron chi connectivity index (χ0n) is 8.58. The van der Waals surface area contributed by atoms with Crippen molar-refractivity contribution in [1.29, 1.82) is 0 Å². The van der Waals surface area contributed by atoms with Gasteiger partial charge >= 0.3 is 0 Å². The molecule has 1 aromatic heterocycles. The zero-order chi connectivity index (χ0) is 12.3. The lowest BCUT2D eigenvalue weighted by atomic mass is 10.2. The van der Waals surface area contributed by atoms with Crippen LogP contribution in [0.3, 0.4) is 0 Å². The van der Waals surface area contributed by atoms with Crippen LogP contribution in [0.1, 0.15) is 16.2 Å². The van der Waals surface area contributed by atoms with E-state index in [0.29, 0.717) is 10.3 Å². The molecule has 2 rings (SSSR count). The van der Waals surface area contributed by atoms with Crippen LogP contribution in [0, 0.1) is 5.82 Å². The Hall–Kier alpha value is -1.76. The van der Waals surface area contributed by atoms with E-state index >= 15 is 0 Å². The van der Waals surface area contributed by atoms with Gasteiger partial charge in [-0.2, -0.15) is 5.10 Å². The molecule has 0 saturated carbocycles. The first-order valence-corrected chi connectivity index (χ1v) is 5.53. The molecule has 1 amide bonds. The third-order valence-electron chi connectivity index (χ3n) is 2.05. The van der Waals surface area contributed by atoms with E-state index in [4.69, 9.17) is 0 Å². The van der Waals surface area contributed by atoms with Crippen LogP contribution in [0.5, 0.6) is 0 Å². The highest BCUT2D eigenvalue weighted by Gasteiger charge is 2.12. The Morgan fingerprint density at radius 3 is 3.06 bits per heavy atom. The highest BCUT2D eigenvalue weighted by molar-refractivity contribution is 9.10. The molecule has 0 aliphatic heterocycles. The number of hydrogen-bond donors (Lipinski definition) is 2. The zero-order valence-corrected chi connectivity index (χ0v) is 10.2. The molecule has 0 fully saturated rings. The molecule has 0 saturated heterocycles. The number of aromatic amines is 1. The molecular weight excluding hydrogens is 291 g/mol. The minimum atomic E-state index is -0.566. The molecule has 2 aromatic rings. The number of halogens is 2. The predicted molar refractivity (Wildman–Crippen MR) is 61.7 cm³/mol. The van der Waals surface area contributed by atoms with Crippen LogP contribution in [0.2, 0.25) is 0 Å². The fraction of sp³-hybridized carbons (Fsp3) is 0.100. The topological polar surface area (TPSA) is 70.7 Å². The van der Waals surface area contributed by atoms with Crippen molar-refractivity contribution in [2.24, 2.45) is 0 Å². The first kappa shape index (κ1) is 11.7. The Kier molecular flexibility index (Phi) is 3.48. The fourth-order valence-electron chi connectivity index (χ4n) is 1.25. The number of rotatable bonds is 3. The molecule has 0 radical (unpaired) electrons. The highest BCUT2D eigenvalue weighted by atomic mass is 79.9. The van der Waals surface area contributed by atoms with Gasteiger partial charge in [-0.1, -0.05) is 15.9 Å². The van der Waals surface area contributed by atoms with E-state index in [1.54, 1.807) is 0 Å². The lowest BCUT2D eigenvalue weighted by Crippen LogP contribution is -2.24. The number of carbonyl (C=O) groups excluding carboxylic acids is 1. The lowest BCUT2D eigenvalue weighted by molar-refractivity contribution is 0.0946. The summed E-state index contributed by atoms with van der Waals surface area (Å²) < 4.78 is 14.0. The van der Waals surface area contributed by atoms with E-state index in [1.165, 1.54) is 24.5 Å². The van der Waals surface area contributed by atoms with Gasteiger partial charge in [0.2, 0.25) is 0 Å². The Balaban J connectivity index is 2.07. The quantitative estimate of drug-likeness (QED) is 0.905. The van der Waals surface area contributed by atoms with E-state index in [0.717, 1.165) is 0 Å². The Bertz CT molecular complexity index is 529. The summed E-state index contributed by atoms with van der Waals surface area (Å²) in [4.78, 5) is 15.5. The number of carbonyl (C=O) groups is 1. The van der Waals surface area contributed by atoms with Gasteiger partial charge in [0.05, 0.1) is 12.1 Å². The van der Waals surface area contributed by atoms with Crippen molar-refractivity contribution in [3.05, 3.63) is 46.2 Å². The van der Waals surface area contributed by atoms with Gasteiger partial charge < -0.3 is 5.32 Å². The summed E-state index contributed by atoms with van der Waals surface area (Å²) in [7, 11) is 0. The van der Waals surface area contributed by atoms with Crippen molar-refractivity contribution in [3.8, 4) is 0 Å². The molecule has 5 nitrogen and oxygen atoms in total. The number of nitrogens with zero attached hydrogens (tertiary/aromatic N) is 2. The maximum atomic E-state index is 13.4. The lowest BCUT2D eigenvalue weighted by Gasteiger charge is -2.04. The molecule has 0 spiro atoms. The molecule has 2 N–H and O–H groups in total. The van der Waals surface area contributed by atoms with Crippen LogP contribution in [0.4, 0.5) is 4.39 Å². The Morgan fingerprint density at radius 1 is 1.53 bits per heavy atom. The molecule has 0 aliphatic carbocycles. The van der Waals surface area contributed by atoms with Crippen molar-refractivity contribution in [2.45, 2.75) is 6.54 Å². The summed E-state index contributed by atoms with van der Waals surface area (Å²) in [5.41, 5.74) is -0.0149. The maximum Gasteiger partial charge on any atom is 0.254 e. The SMILES string of the molecule is O=C(NCc1ncn[nH]1)c1cc(Br)ccc1F. The predicted octanol–water partition coefficient (Wildman–Crippen LogP) is 1.64. The molecule has 1 aromatic carbocycles. The normalized spacial score (nSPS) is 10.2. The first-order valence-electron chi connectivity index (χ1n) is 4.74. The minimum Gasteiger partial charge on any atom is -0.345 e. The second-order valence-corrected chi connectivity index (χ2v) is 4.15. The molecule has 0 unspecified atom stereocenters. The molecular formula is C10H8BrFN4O. The van der Waals surface area contributed by atoms with E-state index in [9.17, 15) is 9.18 Å². The van der Waals surface area contributed by atoms with Gasteiger partial charge in [-0.15, -0.1) is 0 Å². The summed E-state index contributed by atoms with van der Waals surface area (Å²) in [5.74, 6) is -0.558. The van der Waals surface area contributed by atoms with E-state index in [-0.39, 0.29) is 12.1 Å². The van der Waals surface area contributed by atoms with Crippen molar-refractivity contribution >= 4 is 21.8 Å². The van der Waals surface area contributed by atoms with Gasteiger partial charge in [0.15, 0.2) is 0 Å². The van der Waals surface area contributed by atoms with Crippen molar-refractivity contribution < 1.29 is 9.18 Å². The van der Waals surface area contributed by atoms with Gasteiger partial charge in [0.1, 0.15) is 18.0 Å². The first-order chi connectivity index (χ1) is 8.16. The van der Waals surface area contributed by atoms with Crippen LogP contribution in [0.15, 0.2) is 29.0 Å². The Morgan fingerprint density at radius 2 is 2.35 bits per heavy atom. The molecule has 0 atom stereocenters. The van der Waals surface area contributed by atoms with E-state index < -0.39 is 11.7 Å². The summed E-state index contributed by atoms with van der Waals surface area (Å²) in [6.45, 7) is 0.171. The summed E-state index contributed by atoms with van der Waals surface area (Å²) in [6.07, 6.45) is 1.33. The fourth-order valence-corrected chi connectivity index (χ4v) is 1.61. The number of nitrogens with one attached hydrogen (secondary N) is 2. The number of aromatic nitrogens is 3.